The van der Waals surface area contributed by atoms with E-state index in [1.165, 1.54) is 87.4 Å². The summed E-state index contributed by atoms with van der Waals surface area (Å²) in [5, 5.41) is 2.45. The number of para-hydroxylation sites is 2. The van der Waals surface area contributed by atoms with Crippen molar-refractivity contribution in [2.75, 3.05) is 0 Å². The molecular weight excluding hydrogens is 532 g/mol. The molecule has 7 aromatic rings. The maximum absolute atomic E-state index is 6.83. The van der Waals surface area contributed by atoms with Crippen molar-refractivity contribution in [2.45, 2.75) is 43.4 Å². The quantitative estimate of drug-likeness (QED) is 0.206. The number of hydrogen-bond donors (Lipinski definition) is 0. The van der Waals surface area contributed by atoms with Crippen LogP contribution in [0.5, 0.6) is 0 Å². The van der Waals surface area contributed by atoms with Gasteiger partial charge < -0.3 is 4.42 Å². The molecular formula is C43H34O. The van der Waals surface area contributed by atoms with Gasteiger partial charge in [0.15, 0.2) is 0 Å². The smallest absolute Gasteiger partial charge is 0.143 e. The molecule has 212 valence electrons. The first-order valence-corrected chi connectivity index (χ1v) is 16.1. The first-order chi connectivity index (χ1) is 21.8. The average Bonchev–Trinajstić information content (AvgIpc) is 3.64. The van der Waals surface area contributed by atoms with Gasteiger partial charge in [0, 0.05) is 16.3 Å². The zero-order chi connectivity index (χ0) is 29.1. The summed E-state index contributed by atoms with van der Waals surface area (Å²) in [6.45, 7) is 0. The van der Waals surface area contributed by atoms with Crippen LogP contribution in [0, 0.1) is 0 Å². The molecule has 0 radical (unpaired) electrons. The summed E-state index contributed by atoms with van der Waals surface area (Å²) in [6.07, 6.45) is 6.52. The molecule has 0 amide bonds. The second kappa shape index (κ2) is 10.1. The number of furan rings is 1. The summed E-state index contributed by atoms with van der Waals surface area (Å²) < 4.78 is 6.83. The van der Waals surface area contributed by atoms with Crippen LogP contribution in [0.25, 0.3) is 44.2 Å². The fourth-order valence-corrected chi connectivity index (χ4v) is 8.42. The van der Waals surface area contributed by atoms with E-state index in [0.717, 1.165) is 16.7 Å². The molecule has 1 fully saturated rings. The highest BCUT2D eigenvalue weighted by atomic mass is 16.3. The number of hydrogen-bond acceptors (Lipinski definition) is 1. The third-order valence-corrected chi connectivity index (χ3v) is 10.4. The molecule has 1 nitrogen and oxygen atoms in total. The molecule has 1 heteroatoms. The molecule has 2 aliphatic rings. The van der Waals surface area contributed by atoms with E-state index >= 15 is 0 Å². The van der Waals surface area contributed by atoms with Crippen molar-refractivity contribution in [3.63, 3.8) is 0 Å². The van der Waals surface area contributed by atoms with Crippen molar-refractivity contribution < 1.29 is 4.42 Å². The van der Waals surface area contributed by atoms with Crippen molar-refractivity contribution in [2.24, 2.45) is 0 Å². The van der Waals surface area contributed by atoms with Crippen LogP contribution in [-0.2, 0) is 5.41 Å². The predicted octanol–water partition coefficient (Wildman–Crippen LogP) is 11.7. The van der Waals surface area contributed by atoms with E-state index in [2.05, 4.69) is 140 Å². The molecule has 0 saturated heterocycles. The van der Waals surface area contributed by atoms with E-state index in [4.69, 9.17) is 4.42 Å². The van der Waals surface area contributed by atoms with Crippen LogP contribution in [0.3, 0.4) is 0 Å². The molecule has 0 bridgehead atoms. The monoisotopic (exact) mass is 566 g/mol. The standard InChI is InChI=1S/C43H34O/c1-3-13-29(14-4-1)33-19-11-21-37-38-22-12-20-34(42(38)44-41(33)37)30-25-27-32(28-26-30)43(31-15-5-2-6-16-31)39-23-9-7-17-35(39)36-18-8-10-24-40(36)43/h2,5-12,15-29H,1,3-4,13-14H2. The summed E-state index contributed by atoms with van der Waals surface area (Å²) in [4.78, 5) is 0. The molecule has 0 aliphatic heterocycles. The van der Waals surface area contributed by atoms with E-state index < -0.39 is 0 Å². The Bertz CT molecular complexity index is 2100. The summed E-state index contributed by atoms with van der Waals surface area (Å²) in [5.74, 6) is 0.599. The summed E-state index contributed by atoms with van der Waals surface area (Å²) in [7, 11) is 0. The molecule has 9 rings (SSSR count). The maximum Gasteiger partial charge on any atom is 0.143 e. The van der Waals surface area contributed by atoms with Gasteiger partial charge in [0.25, 0.3) is 0 Å². The minimum atomic E-state index is -0.382. The second-order valence-corrected chi connectivity index (χ2v) is 12.6. The lowest BCUT2D eigenvalue weighted by Crippen LogP contribution is -2.28. The van der Waals surface area contributed by atoms with Gasteiger partial charge in [-0.2, -0.15) is 0 Å². The lowest BCUT2D eigenvalue weighted by molar-refractivity contribution is 0.442. The zero-order valence-corrected chi connectivity index (χ0v) is 24.8. The van der Waals surface area contributed by atoms with Crippen molar-refractivity contribution in [3.05, 3.63) is 167 Å². The summed E-state index contributed by atoms with van der Waals surface area (Å²) >= 11 is 0. The van der Waals surface area contributed by atoms with Crippen LogP contribution in [0.15, 0.2) is 144 Å². The first kappa shape index (κ1) is 25.6. The van der Waals surface area contributed by atoms with Crippen molar-refractivity contribution in [3.8, 4) is 22.3 Å². The molecule has 0 unspecified atom stereocenters. The third kappa shape index (κ3) is 3.65. The van der Waals surface area contributed by atoms with Crippen LogP contribution >= 0.6 is 0 Å². The Balaban J connectivity index is 1.22. The lowest BCUT2D eigenvalue weighted by atomic mass is 9.67. The Morgan fingerprint density at radius 1 is 0.455 bits per heavy atom. The normalized spacial score (nSPS) is 15.8. The molecule has 1 heterocycles. The van der Waals surface area contributed by atoms with Crippen LogP contribution in [-0.4, -0.2) is 0 Å². The second-order valence-electron chi connectivity index (χ2n) is 12.6. The van der Waals surface area contributed by atoms with Crippen molar-refractivity contribution in [1.82, 2.24) is 0 Å². The summed E-state index contributed by atoms with van der Waals surface area (Å²) in [6, 6.07) is 51.5. The van der Waals surface area contributed by atoms with Crippen molar-refractivity contribution in [1.29, 1.82) is 0 Å². The SMILES string of the molecule is c1ccc(C2(c3ccc(-c4cccc5c4oc4c(C6CCCCC6)cccc45)cc3)c3ccccc3-c3ccccc32)cc1. The number of fused-ring (bicyclic) bond motifs is 6. The van der Waals surface area contributed by atoms with Crippen LogP contribution < -0.4 is 0 Å². The Morgan fingerprint density at radius 2 is 1.02 bits per heavy atom. The lowest BCUT2D eigenvalue weighted by Gasteiger charge is -2.34. The Labute approximate surface area is 258 Å². The molecule has 0 atom stereocenters. The van der Waals surface area contributed by atoms with Crippen molar-refractivity contribution >= 4 is 21.9 Å². The topological polar surface area (TPSA) is 13.1 Å². The van der Waals surface area contributed by atoms with Gasteiger partial charge in [-0.25, -0.2) is 0 Å². The maximum atomic E-state index is 6.83. The Kier molecular flexibility index (Phi) is 5.88. The molecule has 1 saturated carbocycles. The molecule has 0 spiro atoms. The van der Waals surface area contributed by atoms with Gasteiger partial charge in [0.2, 0.25) is 0 Å². The summed E-state index contributed by atoms with van der Waals surface area (Å²) in [5.41, 5.74) is 13.3. The molecule has 44 heavy (non-hydrogen) atoms. The Morgan fingerprint density at radius 3 is 1.73 bits per heavy atom. The van der Waals surface area contributed by atoms with Gasteiger partial charge in [-0.1, -0.05) is 159 Å². The minimum absolute atomic E-state index is 0.382. The van der Waals surface area contributed by atoms with Gasteiger partial charge in [0.1, 0.15) is 11.2 Å². The number of benzene rings is 6. The highest BCUT2D eigenvalue weighted by Gasteiger charge is 2.45. The van der Waals surface area contributed by atoms with Gasteiger partial charge in [-0.3, -0.25) is 0 Å². The Hall–Kier alpha value is -4.88. The van der Waals surface area contributed by atoms with Gasteiger partial charge >= 0.3 is 0 Å². The van der Waals surface area contributed by atoms with Crippen LogP contribution in [0.4, 0.5) is 0 Å². The number of rotatable bonds is 4. The third-order valence-electron chi connectivity index (χ3n) is 10.4. The molecule has 2 aliphatic carbocycles. The van der Waals surface area contributed by atoms with Gasteiger partial charge in [0.05, 0.1) is 5.41 Å². The minimum Gasteiger partial charge on any atom is -0.455 e. The predicted molar refractivity (Wildman–Crippen MR) is 182 cm³/mol. The molecule has 6 aromatic carbocycles. The zero-order valence-electron chi connectivity index (χ0n) is 24.8. The van der Waals surface area contributed by atoms with E-state index in [0.29, 0.717) is 5.92 Å². The van der Waals surface area contributed by atoms with Gasteiger partial charge in [-0.15, -0.1) is 0 Å². The largest absolute Gasteiger partial charge is 0.455 e. The first-order valence-electron chi connectivity index (χ1n) is 16.1. The van der Waals surface area contributed by atoms with E-state index in [-0.39, 0.29) is 5.41 Å². The highest BCUT2D eigenvalue weighted by molar-refractivity contribution is 6.10. The van der Waals surface area contributed by atoms with E-state index in [1.807, 2.05) is 0 Å². The molecule has 0 N–H and O–H groups in total. The fourth-order valence-electron chi connectivity index (χ4n) is 8.42. The van der Waals surface area contributed by atoms with Crippen LogP contribution in [0.1, 0.15) is 65.8 Å². The van der Waals surface area contributed by atoms with E-state index in [9.17, 15) is 0 Å². The molecule has 1 aromatic heterocycles. The highest BCUT2D eigenvalue weighted by Crippen LogP contribution is 2.56. The van der Waals surface area contributed by atoms with Gasteiger partial charge in [-0.05, 0) is 63.3 Å². The average molecular weight is 567 g/mol. The van der Waals surface area contributed by atoms with E-state index in [1.54, 1.807) is 0 Å². The fraction of sp³-hybridized carbons (Fsp3) is 0.163. The van der Waals surface area contributed by atoms with Crippen LogP contribution in [0.2, 0.25) is 0 Å².